The number of furan rings is 1. The van der Waals surface area contributed by atoms with E-state index >= 15 is 0 Å². The van der Waals surface area contributed by atoms with E-state index in [2.05, 4.69) is 20.8 Å². The number of nitrogens with zero attached hydrogens (tertiary/aromatic N) is 2. The van der Waals surface area contributed by atoms with Crippen LogP contribution in [0.15, 0.2) is 50.9 Å². The van der Waals surface area contributed by atoms with Gasteiger partial charge in [0.1, 0.15) is 17.4 Å². The number of carbonyl (C=O) groups excluding carboxylic acids is 1. The molecule has 122 valence electrons. The molecule has 0 bridgehead atoms. The molecule has 24 heavy (non-hydrogen) atoms. The molecule has 5 heteroatoms. The zero-order valence-electron chi connectivity index (χ0n) is 13.2. The Hall–Kier alpha value is -2.32. The predicted octanol–water partition coefficient (Wildman–Crippen LogP) is 4.82. The number of nitriles is 1. The minimum atomic E-state index is -0.301. The molecule has 1 aromatic carbocycles. The second kappa shape index (κ2) is 7.50. The fourth-order valence-corrected chi connectivity index (χ4v) is 3.35. The van der Waals surface area contributed by atoms with E-state index in [1.807, 2.05) is 12.1 Å². The van der Waals surface area contributed by atoms with Gasteiger partial charge in [0.25, 0.3) is 0 Å². The number of anilines is 1. The lowest BCUT2D eigenvalue weighted by molar-refractivity contribution is 0.104. The van der Waals surface area contributed by atoms with Crippen molar-refractivity contribution in [2.45, 2.75) is 19.3 Å². The van der Waals surface area contributed by atoms with Gasteiger partial charge in [0.05, 0.1) is 4.47 Å². The van der Waals surface area contributed by atoms with Gasteiger partial charge in [-0.25, -0.2) is 0 Å². The van der Waals surface area contributed by atoms with E-state index < -0.39 is 0 Å². The maximum absolute atomic E-state index is 12.4. The number of hydrogen-bond acceptors (Lipinski definition) is 4. The van der Waals surface area contributed by atoms with Gasteiger partial charge in [-0.1, -0.05) is 30.3 Å². The van der Waals surface area contributed by atoms with Gasteiger partial charge >= 0.3 is 0 Å². The van der Waals surface area contributed by atoms with Crippen molar-refractivity contribution in [3.05, 3.63) is 57.8 Å². The molecule has 1 aliphatic heterocycles. The lowest BCUT2D eigenvalue weighted by Gasteiger charge is -2.26. The highest BCUT2D eigenvalue weighted by atomic mass is 79.9. The SMILES string of the molecule is N#C/C(=C\c1cc(Br)c(N2CCCCC2)o1)C(=O)c1ccccc1. The highest BCUT2D eigenvalue weighted by Crippen LogP contribution is 2.33. The summed E-state index contributed by atoms with van der Waals surface area (Å²) in [7, 11) is 0. The molecule has 0 radical (unpaired) electrons. The van der Waals surface area contributed by atoms with Gasteiger partial charge in [-0.2, -0.15) is 5.26 Å². The maximum Gasteiger partial charge on any atom is 0.210 e. The van der Waals surface area contributed by atoms with E-state index in [1.54, 1.807) is 30.3 Å². The molecular formula is C19H17BrN2O2. The average molecular weight is 385 g/mol. The van der Waals surface area contributed by atoms with Crippen molar-refractivity contribution in [2.24, 2.45) is 0 Å². The highest BCUT2D eigenvalue weighted by Gasteiger charge is 2.19. The molecular weight excluding hydrogens is 368 g/mol. The molecule has 0 atom stereocenters. The first kappa shape index (κ1) is 16.5. The van der Waals surface area contributed by atoms with Crippen LogP contribution in [0.1, 0.15) is 35.4 Å². The third kappa shape index (κ3) is 3.60. The van der Waals surface area contributed by atoms with Crippen molar-refractivity contribution < 1.29 is 9.21 Å². The van der Waals surface area contributed by atoms with Crippen LogP contribution in [0, 0.1) is 11.3 Å². The van der Waals surface area contributed by atoms with Gasteiger partial charge in [0.15, 0.2) is 0 Å². The first-order valence-corrected chi connectivity index (χ1v) is 8.74. The first-order chi connectivity index (χ1) is 11.7. The maximum atomic E-state index is 12.4. The van der Waals surface area contributed by atoms with Gasteiger partial charge in [0, 0.05) is 30.8 Å². The summed E-state index contributed by atoms with van der Waals surface area (Å²) in [5.74, 6) is 0.971. The summed E-state index contributed by atoms with van der Waals surface area (Å²) in [4.78, 5) is 14.6. The number of hydrogen-bond donors (Lipinski definition) is 0. The number of allylic oxidation sites excluding steroid dienone is 1. The Kier molecular flexibility index (Phi) is 5.17. The van der Waals surface area contributed by atoms with Crippen molar-refractivity contribution in [1.29, 1.82) is 5.26 Å². The molecule has 3 rings (SSSR count). The van der Waals surface area contributed by atoms with Crippen LogP contribution in [0.2, 0.25) is 0 Å². The topological polar surface area (TPSA) is 57.2 Å². The highest BCUT2D eigenvalue weighted by molar-refractivity contribution is 9.10. The second-order valence-electron chi connectivity index (χ2n) is 5.71. The van der Waals surface area contributed by atoms with Crippen molar-refractivity contribution >= 4 is 33.7 Å². The lowest BCUT2D eigenvalue weighted by atomic mass is 10.0. The van der Waals surface area contributed by atoms with Crippen molar-refractivity contribution in [3.8, 4) is 6.07 Å². The molecule has 0 unspecified atom stereocenters. The van der Waals surface area contributed by atoms with E-state index in [0.29, 0.717) is 11.3 Å². The molecule has 4 nitrogen and oxygen atoms in total. The third-order valence-corrected chi connectivity index (χ3v) is 4.59. The summed E-state index contributed by atoms with van der Waals surface area (Å²) < 4.78 is 6.72. The van der Waals surface area contributed by atoms with Gasteiger partial charge < -0.3 is 9.32 Å². The number of carbonyl (C=O) groups is 1. The minimum absolute atomic E-state index is 0.0626. The van der Waals surface area contributed by atoms with E-state index in [1.165, 1.54) is 12.5 Å². The van der Waals surface area contributed by atoms with E-state index in [0.717, 1.165) is 36.3 Å². The van der Waals surface area contributed by atoms with Crippen LogP contribution in [0.25, 0.3) is 6.08 Å². The van der Waals surface area contributed by atoms with Crippen LogP contribution in [-0.2, 0) is 0 Å². The largest absolute Gasteiger partial charge is 0.440 e. The molecule has 0 amide bonds. The fourth-order valence-electron chi connectivity index (χ4n) is 2.80. The Morgan fingerprint density at radius 2 is 1.92 bits per heavy atom. The van der Waals surface area contributed by atoms with Crippen LogP contribution in [0.4, 0.5) is 5.88 Å². The molecule has 1 aliphatic rings. The van der Waals surface area contributed by atoms with Crippen LogP contribution in [-0.4, -0.2) is 18.9 Å². The monoisotopic (exact) mass is 384 g/mol. The van der Waals surface area contributed by atoms with Crippen molar-refractivity contribution in [3.63, 3.8) is 0 Å². The predicted molar refractivity (Wildman–Crippen MR) is 96.8 cm³/mol. The number of rotatable bonds is 4. The second-order valence-corrected chi connectivity index (χ2v) is 6.57. The molecule has 0 aliphatic carbocycles. The van der Waals surface area contributed by atoms with Crippen LogP contribution < -0.4 is 4.90 Å². The summed E-state index contributed by atoms with van der Waals surface area (Å²) in [6.45, 7) is 1.92. The smallest absolute Gasteiger partial charge is 0.210 e. The molecule has 0 saturated carbocycles. The summed E-state index contributed by atoms with van der Waals surface area (Å²) in [6.07, 6.45) is 5.04. The molecule has 0 spiro atoms. The van der Waals surface area contributed by atoms with Gasteiger partial charge in [0.2, 0.25) is 11.7 Å². The number of Topliss-reactive ketones (excluding diaryl/α,β-unsaturated/α-hetero) is 1. The Bertz CT molecular complexity index is 797. The number of piperidine rings is 1. The number of halogens is 1. The zero-order chi connectivity index (χ0) is 16.9. The van der Waals surface area contributed by atoms with Gasteiger partial charge in [-0.15, -0.1) is 0 Å². The number of benzene rings is 1. The summed E-state index contributed by atoms with van der Waals surface area (Å²) in [5, 5.41) is 9.34. The molecule has 0 N–H and O–H groups in total. The molecule has 2 aromatic rings. The van der Waals surface area contributed by atoms with E-state index in [4.69, 9.17) is 4.42 Å². The normalized spacial score (nSPS) is 15.2. The summed E-state index contributed by atoms with van der Waals surface area (Å²) in [6, 6.07) is 12.6. The van der Waals surface area contributed by atoms with Crippen molar-refractivity contribution in [1.82, 2.24) is 0 Å². The van der Waals surface area contributed by atoms with Crippen LogP contribution in [0.5, 0.6) is 0 Å². The lowest BCUT2D eigenvalue weighted by Crippen LogP contribution is -2.29. The van der Waals surface area contributed by atoms with Gasteiger partial charge in [-0.3, -0.25) is 4.79 Å². The molecule has 2 heterocycles. The Labute approximate surface area is 149 Å². The first-order valence-electron chi connectivity index (χ1n) is 7.95. The quantitative estimate of drug-likeness (QED) is 0.430. The Morgan fingerprint density at radius 3 is 2.58 bits per heavy atom. The third-order valence-electron chi connectivity index (χ3n) is 4.02. The summed E-state index contributed by atoms with van der Waals surface area (Å²) >= 11 is 3.51. The van der Waals surface area contributed by atoms with E-state index in [-0.39, 0.29) is 11.4 Å². The average Bonchev–Trinajstić information content (AvgIpc) is 3.01. The Morgan fingerprint density at radius 1 is 1.21 bits per heavy atom. The fraction of sp³-hybridized carbons (Fsp3) is 0.263. The molecule has 1 fully saturated rings. The summed E-state index contributed by atoms with van der Waals surface area (Å²) in [5.41, 5.74) is 0.555. The minimum Gasteiger partial charge on any atom is -0.440 e. The van der Waals surface area contributed by atoms with Crippen molar-refractivity contribution in [2.75, 3.05) is 18.0 Å². The van der Waals surface area contributed by atoms with Gasteiger partial charge in [-0.05, 0) is 35.2 Å². The van der Waals surface area contributed by atoms with E-state index in [9.17, 15) is 10.1 Å². The Balaban J connectivity index is 1.86. The molecule has 1 saturated heterocycles. The zero-order valence-corrected chi connectivity index (χ0v) is 14.8. The van der Waals surface area contributed by atoms with Crippen LogP contribution in [0.3, 0.4) is 0 Å². The number of ketones is 1. The standard InChI is InChI=1S/C19H17BrN2O2/c20-17-12-16(24-19(17)22-9-5-2-6-10-22)11-15(13-21)18(23)14-7-3-1-4-8-14/h1,3-4,7-8,11-12H,2,5-6,9-10H2/b15-11+. The van der Waals surface area contributed by atoms with Crippen LogP contribution >= 0.6 is 15.9 Å². The molecule has 1 aromatic heterocycles.